The average molecular weight is 347 g/mol. The van der Waals surface area contributed by atoms with Crippen LogP contribution in [0.2, 0.25) is 0 Å². The van der Waals surface area contributed by atoms with Gasteiger partial charge in [0.1, 0.15) is 6.61 Å². The van der Waals surface area contributed by atoms with Crippen molar-refractivity contribution in [1.29, 1.82) is 0 Å². The summed E-state index contributed by atoms with van der Waals surface area (Å²) in [6.07, 6.45) is 0.808. The molecular formula is C19H29N3O3. The maximum absolute atomic E-state index is 12.6. The smallest absolute Gasteiger partial charge is 0.248 e. The Morgan fingerprint density at radius 1 is 1.04 bits per heavy atom. The van der Waals surface area contributed by atoms with Crippen LogP contribution >= 0.6 is 0 Å². The van der Waals surface area contributed by atoms with Gasteiger partial charge in [0, 0.05) is 39.8 Å². The van der Waals surface area contributed by atoms with E-state index in [-0.39, 0.29) is 18.4 Å². The first-order valence-corrected chi connectivity index (χ1v) is 8.78. The first-order valence-electron chi connectivity index (χ1n) is 8.78. The predicted molar refractivity (Wildman–Crippen MR) is 97.2 cm³/mol. The van der Waals surface area contributed by atoms with Crippen molar-refractivity contribution >= 4 is 11.8 Å². The summed E-state index contributed by atoms with van der Waals surface area (Å²) in [5.74, 6) is 0.115. The van der Waals surface area contributed by atoms with Crippen LogP contribution in [0.25, 0.3) is 0 Å². The molecule has 138 valence electrons. The lowest BCUT2D eigenvalue weighted by molar-refractivity contribution is -0.136. The normalized spacial score (nSPS) is 15.4. The maximum Gasteiger partial charge on any atom is 0.248 e. The zero-order chi connectivity index (χ0) is 18.2. The molecule has 1 aliphatic rings. The SMILES string of the molecule is COCC(=O)N1CCCN(C(=O)CN(C)Cc2ccc(C)cc2)CC1. The Morgan fingerprint density at radius 2 is 1.64 bits per heavy atom. The van der Waals surface area contributed by atoms with Crippen LogP contribution in [-0.4, -0.2) is 80.0 Å². The van der Waals surface area contributed by atoms with Crippen molar-refractivity contribution in [1.82, 2.24) is 14.7 Å². The van der Waals surface area contributed by atoms with E-state index in [0.29, 0.717) is 32.7 Å². The molecule has 1 saturated heterocycles. The molecule has 0 N–H and O–H groups in total. The van der Waals surface area contributed by atoms with Crippen LogP contribution in [0.3, 0.4) is 0 Å². The first kappa shape index (κ1) is 19.4. The highest BCUT2D eigenvalue weighted by Crippen LogP contribution is 2.08. The Morgan fingerprint density at radius 3 is 2.24 bits per heavy atom. The molecule has 0 aliphatic carbocycles. The zero-order valence-corrected chi connectivity index (χ0v) is 15.5. The molecular weight excluding hydrogens is 318 g/mol. The summed E-state index contributed by atoms with van der Waals surface area (Å²) in [7, 11) is 3.49. The van der Waals surface area contributed by atoms with Gasteiger partial charge in [-0.1, -0.05) is 29.8 Å². The molecule has 0 spiro atoms. The van der Waals surface area contributed by atoms with Crippen molar-refractivity contribution in [3.8, 4) is 0 Å². The zero-order valence-electron chi connectivity index (χ0n) is 15.5. The van der Waals surface area contributed by atoms with E-state index in [1.807, 2.05) is 16.8 Å². The number of hydrogen-bond donors (Lipinski definition) is 0. The number of ether oxygens (including phenoxy) is 1. The number of hydrogen-bond acceptors (Lipinski definition) is 4. The number of carbonyl (C=O) groups excluding carboxylic acids is 2. The van der Waals surface area contributed by atoms with Crippen molar-refractivity contribution in [2.75, 3.05) is 53.5 Å². The number of amides is 2. The molecule has 2 rings (SSSR count). The standard InChI is InChI=1S/C19H29N3O3/c1-16-5-7-17(8-6-16)13-20(2)14-18(23)21-9-4-10-22(12-11-21)19(24)15-25-3/h5-8H,4,9-15H2,1-3H3. The minimum atomic E-state index is -0.00621. The third-order valence-corrected chi connectivity index (χ3v) is 4.45. The van der Waals surface area contributed by atoms with Crippen molar-refractivity contribution in [3.05, 3.63) is 35.4 Å². The van der Waals surface area contributed by atoms with E-state index in [9.17, 15) is 9.59 Å². The molecule has 1 aliphatic heterocycles. The van der Waals surface area contributed by atoms with Gasteiger partial charge in [0.15, 0.2) is 0 Å². The Balaban J connectivity index is 1.81. The van der Waals surface area contributed by atoms with E-state index < -0.39 is 0 Å². The topological polar surface area (TPSA) is 53.1 Å². The monoisotopic (exact) mass is 347 g/mol. The van der Waals surface area contributed by atoms with Gasteiger partial charge in [-0.3, -0.25) is 14.5 Å². The molecule has 6 heteroatoms. The van der Waals surface area contributed by atoms with Gasteiger partial charge >= 0.3 is 0 Å². The Labute approximate surface area is 150 Å². The predicted octanol–water partition coefficient (Wildman–Crippen LogP) is 1.13. The lowest BCUT2D eigenvalue weighted by Gasteiger charge is -2.24. The molecule has 1 heterocycles. The highest BCUT2D eigenvalue weighted by atomic mass is 16.5. The number of carbonyl (C=O) groups is 2. The van der Waals surface area contributed by atoms with Crippen LogP contribution in [0.4, 0.5) is 0 Å². The largest absolute Gasteiger partial charge is 0.375 e. The van der Waals surface area contributed by atoms with Crippen molar-refractivity contribution in [2.24, 2.45) is 0 Å². The minimum Gasteiger partial charge on any atom is -0.375 e. The van der Waals surface area contributed by atoms with E-state index in [2.05, 4.69) is 31.2 Å². The molecule has 0 radical (unpaired) electrons. The van der Waals surface area contributed by atoms with Crippen LogP contribution in [0, 0.1) is 6.92 Å². The van der Waals surface area contributed by atoms with Crippen LogP contribution in [-0.2, 0) is 20.9 Å². The summed E-state index contributed by atoms with van der Waals surface area (Å²) in [6.45, 7) is 5.86. The van der Waals surface area contributed by atoms with Crippen molar-refractivity contribution in [3.63, 3.8) is 0 Å². The fourth-order valence-corrected chi connectivity index (χ4v) is 3.02. The molecule has 0 aromatic heterocycles. The number of likely N-dealkylation sites (N-methyl/N-ethyl adjacent to an activating group) is 1. The molecule has 0 atom stereocenters. The van der Waals surface area contributed by atoms with E-state index in [1.54, 1.807) is 4.90 Å². The summed E-state index contributed by atoms with van der Waals surface area (Å²) < 4.78 is 4.91. The van der Waals surface area contributed by atoms with Gasteiger partial charge in [-0.2, -0.15) is 0 Å². The maximum atomic E-state index is 12.6. The van der Waals surface area contributed by atoms with Gasteiger partial charge in [-0.25, -0.2) is 0 Å². The number of rotatable bonds is 6. The van der Waals surface area contributed by atoms with Crippen LogP contribution in [0.15, 0.2) is 24.3 Å². The van der Waals surface area contributed by atoms with Crippen LogP contribution in [0.5, 0.6) is 0 Å². The molecule has 25 heavy (non-hydrogen) atoms. The fraction of sp³-hybridized carbons (Fsp3) is 0.579. The number of nitrogens with zero attached hydrogens (tertiary/aromatic N) is 3. The summed E-state index contributed by atoms with van der Waals surface area (Å²) in [4.78, 5) is 30.2. The van der Waals surface area contributed by atoms with E-state index in [1.165, 1.54) is 18.2 Å². The van der Waals surface area contributed by atoms with Gasteiger partial charge in [-0.05, 0) is 26.0 Å². The number of methoxy groups -OCH3 is 1. The van der Waals surface area contributed by atoms with Crippen molar-refractivity contribution < 1.29 is 14.3 Å². The van der Waals surface area contributed by atoms with Crippen molar-refractivity contribution in [2.45, 2.75) is 19.9 Å². The Hall–Kier alpha value is -1.92. The summed E-state index contributed by atoms with van der Waals surface area (Å²) in [5.41, 5.74) is 2.44. The Bertz CT molecular complexity index is 574. The van der Waals surface area contributed by atoms with Crippen LogP contribution in [0.1, 0.15) is 17.5 Å². The summed E-state index contributed by atoms with van der Waals surface area (Å²) >= 11 is 0. The second-order valence-electron chi connectivity index (χ2n) is 6.71. The van der Waals surface area contributed by atoms with E-state index >= 15 is 0 Å². The van der Waals surface area contributed by atoms with Gasteiger partial charge in [0.25, 0.3) is 0 Å². The Kier molecular flexibility index (Phi) is 7.40. The molecule has 6 nitrogen and oxygen atoms in total. The van der Waals surface area contributed by atoms with Crippen LogP contribution < -0.4 is 0 Å². The third-order valence-electron chi connectivity index (χ3n) is 4.45. The average Bonchev–Trinajstić information content (AvgIpc) is 2.83. The fourth-order valence-electron chi connectivity index (χ4n) is 3.02. The molecule has 1 aromatic carbocycles. The highest BCUT2D eigenvalue weighted by Gasteiger charge is 2.22. The van der Waals surface area contributed by atoms with E-state index in [4.69, 9.17) is 4.74 Å². The quantitative estimate of drug-likeness (QED) is 0.774. The molecule has 2 amide bonds. The minimum absolute atomic E-state index is 0.00621. The lowest BCUT2D eigenvalue weighted by atomic mass is 10.1. The van der Waals surface area contributed by atoms with Gasteiger partial charge in [0.05, 0.1) is 6.54 Å². The van der Waals surface area contributed by atoms with Gasteiger partial charge in [-0.15, -0.1) is 0 Å². The molecule has 0 bridgehead atoms. The summed E-state index contributed by atoms with van der Waals surface area (Å²) in [5, 5.41) is 0. The first-order chi connectivity index (χ1) is 12.0. The molecule has 0 unspecified atom stereocenters. The van der Waals surface area contributed by atoms with E-state index in [0.717, 1.165) is 13.0 Å². The second kappa shape index (κ2) is 9.53. The third kappa shape index (κ3) is 6.14. The summed E-state index contributed by atoms with van der Waals surface area (Å²) in [6, 6.07) is 8.37. The molecule has 1 fully saturated rings. The molecule has 1 aromatic rings. The second-order valence-corrected chi connectivity index (χ2v) is 6.71. The highest BCUT2D eigenvalue weighted by molar-refractivity contribution is 5.79. The number of benzene rings is 1. The molecule has 0 saturated carbocycles. The number of aryl methyl sites for hydroxylation is 1. The van der Waals surface area contributed by atoms with Gasteiger partial charge in [0.2, 0.25) is 11.8 Å². The lowest BCUT2D eigenvalue weighted by Crippen LogP contribution is -2.42. The van der Waals surface area contributed by atoms with Gasteiger partial charge < -0.3 is 14.5 Å².